The fourth-order valence-corrected chi connectivity index (χ4v) is 6.11. The van der Waals surface area contributed by atoms with Crippen LogP contribution in [-0.2, 0) is 7.05 Å². The molecule has 0 N–H and O–H groups in total. The maximum absolute atomic E-state index is 14.0. The molecule has 1 saturated heterocycles. The van der Waals surface area contributed by atoms with Crippen LogP contribution < -0.4 is 10.5 Å². The molecule has 2 aliphatic rings. The molecule has 2 aromatic heterocycles. The SMILES string of the molecule is Cn1c2ccccc2c2c(C(=O)N3CCN(c4cccc(Cl)c4)CC3)cn(C3CCCC3)c(=O)c21. The van der Waals surface area contributed by atoms with Crippen molar-refractivity contribution >= 4 is 45.0 Å². The minimum absolute atomic E-state index is 0.00356. The van der Waals surface area contributed by atoms with Gasteiger partial charge in [-0.1, -0.05) is 48.7 Å². The Morgan fingerprint density at radius 2 is 1.71 bits per heavy atom. The number of amides is 1. The van der Waals surface area contributed by atoms with Gasteiger partial charge >= 0.3 is 0 Å². The molecule has 0 unspecified atom stereocenters. The second-order valence-corrected chi connectivity index (χ2v) is 10.2. The number of carbonyl (C=O) groups is 1. The maximum atomic E-state index is 14.0. The van der Waals surface area contributed by atoms with Crippen LogP contribution in [0.15, 0.2) is 59.5 Å². The molecule has 0 bridgehead atoms. The Hall–Kier alpha value is -3.25. The van der Waals surface area contributed by atoms with E-state index in [1.54, 1.807) is 0 Å². The summed E-state index contributed by atoms with van der Waals surface area (Å²) in [6, 6.07) is 16.0. The monoisotopic (exact) mass is 488 g/mol. The first-order valence-electron chi connectivity index (χ1n) is 12.4. The summed E-state index contributed by atoms with van der Waals surface area (Å²) in [7, 11) is 1.93. The quantitative estimate of drug-likeness (QED) is 0.397. The third kappa shape index (κ3) is 3.71. The topological polar surface area (TPSA) is 50.5 Å². The number of aryl methyl sites for hydroxylation is 1. The first-order valence-corrected chi connectivity index (χ1v) is 12.8. The van der Waals surface area contributed by atoms with Gasteiger partial charge in [0.15, 0.2) is 0 Å². The molecule has 1 aliphatic heterocycles. The molecule has 1 saturated carbocycles. The van der Waals surface area contributed by atoms with Crippen LogP contribution in [0.3, 0.4) is 0 Å². The highest BCUT2D eigenvalue weighted by molar-refractivity contribution is 6.30. The fraction of sp³-hybridized carbons (Fsp3) is 0.357. The number of anilines is 1. The van der Waals surface area contributed by atoms with Crippen molar-refractivity contribution in [1.29, 1.82) is 0 Å². The number of para-hydroxylation sites is 1. The van der Waals surface area contributed by atoms with E-state index in [1.807, 2.05) is 69.7 Å². The zero-order chi connectivity index (χ0) is 24.1. The number of aromatic nitrogens is 2. The van der Waals surface area contributed by atoms with Gasteiger partial charge in [0.1, 0.15) is 5.52 Å². The Labute approximate surface area is 209 Å². The van der Waals surface area contributed by atoms with E-state index in [0.717, 1.165) is 60.7 Å². The van der Waals surface area contributed by atoms with Crippen molar-refractivity contribution in [1.82, 2.24) is 14.0 Å². The van der Waals surface area contributed by atoms with Crippen LogP contribution >= 0.6 is 11.6 Å². The third-order valence-electron chi connectivity index (χ3n) is 7.77. The maximum Gasteiger partial charge on any atom is 0.275 e. The Morgan fingerprint density at radius 1 is 0.971 bits per heavy atom. The summed E-state index contributed by atoms with van der Waals surface area (Å²) < 4.78 is 3.82. The zero-order valence-electron chi connectivity index (χ0n) is 19.9. The van der Waals surface area contributed by atoms with Crippen molar-refractivity contribution in [3.63, 3.8) is 0 Å². The molecule has 6 nitrogen and oxygen atoms in total. The molecule has 4 aromatic rings. The highest BCUT2D eigenvalue weighted by Gasteiger charge is 2.29. The van der Waals surface area contributed by atoms with E-state index in [-0.39, 0.29) is 17.5 Å². The summed E-state index contributed by atoms with van der Waals surface area (Å²) in [6.07, 6.45) is 6.08. The molecule has 35 heavy (non-hydrogen) atoms. The van der Waals surface area contributed by atoms with Gasteiger partial charge in [0, 0.05) is 72.5 Å². The molecule has 180 valence electrons. The number of rotatable bonds is 3. The number of carbonyl (C=O) groups excluding carboxylic acids is 1. The van der Waals surface area contributed by atoms with E-state index in [0.29, 0.717) is 29.2 Å². The number of halogens is 1. The lowest BCUT2D eigenvalue weighted by Gasteiger charge is -2.36. The molecule has 0 atom stereocenters. The fourth-order valence-electron chi connectivity index (χ4n) is 5.93. The molecule has 2 fully saturated rings. The van der Waals surface area contributed by atoms with Gasteiger partial charge in [-0.3, -0.25) is 9.59 Å². The predicted octanol–water partition coefficient (Wildman–Crippen LogP) is 5.22. The molecule has 3 heterocycles. The second kappa shape index (κ2) is 8.76. The molecule has 0 spiro atoms. The van der Waals surface area contributed by atoms with E-state index >= 15 is 0 Å². The molecular formula is C28H29ClN4O2. The number of hydrogen-bond donors (Lipinski definition) is 0. The average molecular weight is 489 g/mol. The minimum Gasteiger partial charge on any atom is -0.368 e. The lowest BCUT2D eigenvalue weighted by Crippen LogP contribution is -2.49. The Balaban J connectivity index is 1.41. The van der Waals surface area contributed by atoms with Gasteiger partial charge in [-0.2, -0.15) is 0 Å². The van der Waals surface area contributed by atoms with Crippen molar-refractivity contribution in [3.05, 3.63) is 75.7 Å². The van der Waals surface area contributed by atoms with Gasteiger partial charge in [-0.25, -0.2) is 0 Å². The van der Waals surface area contributed by atoms with Crippen molar-refractivity contribution < 1.29 is 4.79 Å². The number of hydrogen-bond acceptors (Lipinski definition) is 3. The van der Waals surface area contributed by atoms with Gasteiger partial charge in [0.25, 0.3) is 11.5 Å². The Kier molecular flexibility index (Phi) is 5.56. The molecule has 0 radical (unpaired) electrons. The van der Waals surface area contributed by atoms with E-state index in [4.69, 9.17) is 11.6 Å². The van der Waals surface area contributed by atoms with Crippen molar-refractivity contribution in [2.45, 2.75) is 31.7 Å². The van der Waals surface area contributed by atoms with E-state index in [2.05, 4.69) is 11.0 Å². The van der Waals surface area contributed by atoms with Crippen LogP contribution in [0.4, 0.5) is 5.69 Å². The van der Waals surface area contributed by atoms with E-state index < -0.39 is 0 Å². The third-order valence-corrected chi connectivity index (χ3v) is 8.01. The normalized spacial score (nSPS) is 17.1. The Morgan fingerprint density at radius 3 is 2.46 bits per heavy atom. The van der Waals surface area contributed by atoms with E-state index in [1.165, 1.54) is 0 Å². The van der Waals surface area contributed by atoms with Crippen LogP contribution in [0, 0.1) is 0 Å². The number of benzene rings is 2. The predicted molar refractivity (Wildman–Crippen MR) is 142 cm³/mol. The number of piperazine rings is 1. The molecule has 7 heteroatoms. The van der Waals surface area contributed by atoms with Crippen LogP contribution in [0.25, 0.3) is 21.8 Å². The molecule has 1 aliphatic carbocycles. The number of nitrogens with zero attached hydrogens (tertiary/aromatic N) is 4. The van der Waals surface area contributed by atoms with Gasteiger partial charge in [-0.15, -0.1) is 0 Å². The largest absolute Gasteiger partial charge is 0.368 e. The van der Waals surface area contributed by atoms with Crippen molar-refractivity contribution in [3.8, 4) is 0 Å². The lowest BCUT2D eigenvalue weighted by molar-refractivity contribution is 0.0747. The van der Waals surface area contributed by atoms with E-state index in [9.17, 15) is 9.59 Å². The number of fused-ring (bicyclic) bond motifs is 3. The minimum atomic E-state index is 0.00356. The summed E-state index contributed by atoms with van der Waals surface area (Å²) in [5.41, 5.74) is 3.33. The van der Waals surface area contributed by atoms with Gasteiger partial charge in [-0.05, 0) is 37.1 Å². The van der Waals surface area contributed by atoms with Gasteiger partial charge in [0.05, 0.1) is 5.56 Å². The van der Waals surface area contributed by atoms with Crippen molar-refractivity contribution in [2.75, 3.05) is 31.1 Å². The average Bonchev–Trinajstić information content (AvgIpc) is 3.52. The summed E-state index contributed by atoms with van der Waals surface area (Å²) in [5, 5.41) is 2.46. The Bertz CT molecular complexity index is 1490. The summed E-state index contributed by atoms with van der Waals surface area (Å²) in [5.74, 6) is 0.00356. The van der Waals surface area contributed by atoms with Gasteiger partial charge < -0.3 is 18.9 Å². The zero-order valence-corrected chi connectivity index (χ0v) is 20.7. The molecule has 1 amide bonds. The first-order chi connectivity index (χ1) is 17.0. The highest BCUT2D eigenvalue weighted by atomic mass is 35.5. The van der Waals surface area contributed by atoms with Crippen LogP contribution in [-0.4, -0.2) is 46.1 Å². The van der Waals surface area contributed by atoms with Gasteiger partial charge in [0.2, 0.25) is 0 Å². The summed E-state index contributed by atoms with van der Waals surface area (Å²) >= 11 is 6.19. The van der Waals surface area contributed by atoms with Crippen LogP contribution in [0.1, 0.15) is 42.1 Å². The summed E-state index contributed by atoms with van der Waals surface area (Å²) in [6.45, 7) is 2.74. The molecule has 2 aromatic carbocycles. The lowest BCUT2D eigenvalue weighted by atomic mass is 10.1. The first kappa shape index (κ1) is 22.2. The van der Waals surface area contributed by atoms with Crippen LogP contribution in [0.5, 0.6) is 0 Å². The smallest absolute Gasteiger partial charge is 0.275 e. The summed E-state index contributed by atoms with van der Waals surface area (Å²) in [4.78, 5) is 31.9. The second-order valence-electron chi connectivity index (χ2n) is 9.75. The standard InChI is InChI=1S/C28H29ClN4O2/c1-30-24-12-5-4-11-22(24)25-23(18-33(28(35)26(25)30)20-8-2-3-9-20)27(34)32-15-13-31(14-16-32)21-10-6-7-19(29)17-21/h4-7,10-12,17-18,20H,2-3,8-9,13-16H2,1H3. The highest BCUT2D eigenvalue weighted by Crippen LogP contribution is 2.33. The van der Waals surface area contributed by atoms with Crippen LogP contribution in [0.2, 0.25) is 5.02 Å². The number of pyridine rings is 1. The molecule has 6 rings (SSSR count). The van der Waals surface area contributed by atoms with Crippen molar-refractivity contribution in [2.24, 2.45) is 7.05 Å². The molecular weight excluding hydrogens is 460 g/mol.